The molecule has 9 heteroatoms. The van der Waals surface area contributed by atoms with E-state index < -0.39 is 0 Å². The van der Waals surface area contributed by atoms with Crippen LogP contribution in [0.3, 0.4) is 0 Å². The molecule has 1 aromatic carbocycles. The minimum atomic E-state index is 0.0703. The molecular formula is C11H12Cl2N6O. The molecule has 0 radical (unpaired) electrons. The van der Waals surface area contributed by atoms with Crippen LogP contribution in [0.15, 0.2) is 18.2 Å². The molecule has 1 heterocycles. The lowest BCUT2D eigenvalue weighted by atomic mass is 10.3. The van der Waals surface area contributed by atoms with Crippen molar-refractivity contribution in [1.29, 1.82) is 0 Å². The summed E-state index contributed by atoms with van der Waals surface area (Å²) in [5, 5.41) is 0.864. The van der Waals surface area contributed by atoms with Crippen molar-refractivity contribution in [2.24, 2.45) is 5.84 Å². The van der Waals surface area contributed by atoms with Gasteiger partial charge in [-0.15, -0.1) is 0 Å². The van der Waals surface area contributed by atoms with E-state index in [1.54, 1.807) is 37.2 Å². The van der Waals surface area contributed by atoms with Gasteiger partial charge < -0.3 is 9.64 Å². The number of nitrogens with two attached hydrogens (primary N) is 1. The van der Waals surface area contributed by atoms with Gasteiger partial charge in [-0.1, -0.05) is 23.2 Å². The number of hydrogen-bond donors (Lipinski definition) is 2. The number of ether oxygens (including phenoxy) is 1. The molecule has 0 aliphatic rings. The SMILES string of the molecule is CN(C)c1nc(NN)nc(Oc2ccc(Cl)cc2Cl)n1. The molecule has 1 aromatic heterocycles. The fourth-order valence-corrected chi connectivity index (χ4v) is 1.76. The van der Waals surface area contributed by atoms with Gasteiger partial charge in [0, 0.05) is 19.1 Å². The topological polar surface area (TPSA) is 89.2 Å². The van der Waals surface area contributed by atoms with Gasteiger partial charge in [0.2, 0.25) is 11.9 Å². The van der Waals surface area contributed by atoms with Crippen LogP contribution < -0.4 is 20.9 Å². The van der Waals surface area contributed by atoms with E-state index in [4.69, 9.17) is 33.8 Å². The van der Waals surface area contributed by atoms with E-state index in [2.05, 4.69) is 20.4 Å². The van der Waals surface area contributed by atoms with Gasteiger partial charge in [0.05, 0.1) is 5.02 Å². The standard InChI is InChI=1S/C11H12Cl2N6O/c1-19(2)10-15-9(18-14)16-11(17-10)20-8-4-3-6(12)5-7(8)13/h3-5H,14H2,1-2H3,(H,15,16,17,18). The van der Waals surface area contributed by atoms with E-state index in [1.807, 2.05) is 0 Å². The molecule has 0 saturated heterocycles. The molecule has 0 bridgehead atoms. The Morgan fingerprint density at radius 1 is 1.20 bits per heavy atom. The van der Waals surface area contributed by atoms with Gasteiger partial charge in [-0.3, -0.25) is 5.43 Å². The molecule has 0 fully saturated rings. The number of nitrogens with zero attached hydrogens (tertiary/aromatic N) is 4. The number of hydrogen-bond acceptors (Lipinski definition) is 7. The molecule has 0 aliphatic carbocycles. The lowest BCUT2D eigenvalue weighted by Crippen LogP contribution is -2.17. The van der Waals surface area contributed by atoms with Crippen molar-refractivity contribution in [3.8, 4) is 11.8 Å². The smallest absolute Gasteiger partial charge is 0.328 e. The summed E-state index contributed by atoms with van der Waals surface area (Å²) in [5.74, 6) is 6.28. The molecule has 0 aliphatic heterocycles. The number of rotatable bonds is 4. The van der Waals surface area contributed by atoms with Gasteiger partial charge in [-0.05, 0) is 18.2 Å². The summed E-state index contributed by atoms with van der Waals surface area (Å²) in [6.45, 7) is 0. The Morgan fingerprint density at radius 2 is 1.95 bits per heavy atom. The Hall–Kier alpha value is -1.83. The molecule has 0 saturated carbocycles. The van der Waals surface area contributed by atoms with Gasteiger partial charge in [-0.2, -0.15) is 15.0 Å². The molecule has 0 amide bonds. The van der Waals surface area contributed by atoms with Gasteiger partial charge in [-0.25, -0.2) is 5.84 Å². The molecular weight excluding hydrogens is 303 g/mol. The first-order valence-electron chi connectivity index (χ1n) is 5.52. The third-order valence-electron chi connectivity index (χ3n) is 2.23. The molecule has 2 aromatic rings. The first-order valence-corrected chi connectivity index (χ1v) is 6.28. The average Bonchev–Trinajstić information content (AvgIpc) is 2.41. The van der Waals surface area contributed by atoms with Crippen LogP contribution in [0.5, 0.6) is 11.8 Å². The molecule has 20 heavy (non-hydrogen) atoms. The van der Waals surface area contributed by atoms with Crippen LogP contribution in [-0.4, -0.2) is 29.0 Å². The zero-order chi connectivity index (χ0) is 14.7. The molecule has 0 spiro atoms. The minimum Gasteiger partial charge on any atom is -0.423 e. The second kappa shape index (κ2) is 6.08. The Labute approximate surface area is 125 Å². The van der Waals surface area contributed by atoms with E-state index in [9.17, 15) is 0 Å². The van der Waals surface area contributed by atoms with Crippen LogP contribution in [0.1, 0.15) is 0 Å². The predicted octanol–water partition coefficient (Wildman–Crippen LogP) is 2.32. The number of anilines is 2. The average molecular weight is 315 g/mol. The van der Waals surface area contributed by atoms with Crippen molar-refractivity contribution in [2.75, 3.05) is 24.4 Å². The van der Waals surface area contributed by atoms with E-state index in [-0.39, 0.29) is 12.0 Å². The van der Waals surface area contributed by atoms with Crippen LogP contribution in [0.2, 0.25) is 10.0 Å². The van der Waals surface area contributed by atoms with Crippen LogP contribution in [0.25, 0.3) is 0 Å². The zero-order valence-corrected chi connectivity index (χ0v) is 12.3. The number of benzene rings is 1. The molecule has 2 rings (SSSR count). The lowest BCUT2D eigenvalue weighted by molar-refractivity contribution is 0.441. The predicted molar refractivity (Wildman–Crippen MR) is 78.5 cm³/mol. The highest BCUT2D eigenvalue weighted by Gasteiger charge is 2.11. The van der Waals surface area contributed by atoms with Crippen molar-refractivity contribution in [3.63, 3.8) is 0 Å². The maximum Gasteiger partial charge on any atom is 0.328 e. The first-order chi connectivity index (χ1) is 9.49. The number of nitrogens with one attached hydrogen (secondary N) is 1. The summed E-state index contributed by atoms with van der Waals surface area (Å²) >= 11 is 11.8. The van der Waals surface area contributed by atoms with E-state index in [0.717, 1.165) is 0 Å². The van der Waals surface area contributed by atoms with E-state index in [0.29, 0.717) is 21.7 Å². The highest BCUT2D eigenvalue weighted by atomic mass is 35.5. The van der Waals surface area contributed by atoms with Crippen molar-refractivity contribution < 1.29 is 4.74 Å². The van der Waals surface area contributed by atoms with Gasteiger partial charge in [0.25, 0.3) is 0 Å². The minimum absolute atomic E-state index is 0.0703. The third kappa shape index (κ3) is 3.38. The summed E-state index contributed by atoms with van der Waals surface area (Å²) < 4.78 is 5.52. The monoisotopic (exact) mass is 314 g/mol. The number of nitrogen functional groups attached to an aromatic ring is 1. The van der Waals surface area contributed by atoms with Crippen LogP contribution in [-0.2, 0) is 0 Å². The second-order valence-electron chi connectivity index (χ2n) is 3.96. The summed E-state index contributed by atoms with van der Waals surface area (Å²) in [4.78, 5) is 13.9. The third-order valence-corrected chi connectivity index (χ3v) is 2.76. The second-order valence-corrected chi connectivity index (χ2v) is 4.80. The summed E-state index contributed by atoms with van der Waals surface area (Å²) in [6, 6.07) is 4.91. The van der Waals surface area contributed by atoms with E-state index in [1.165, 1.54) is 0 Å². The fraction of sp³-hybridized carbons (Fsp3) is 0.182. The quantitative estimate of drug-likeness (QED) is 0.661. The molecule has 0 atom stereocenters. The summed E-state index contributed by atoms with van der Waals surface area (Å²) in [7, 11) is 3.57. The Balaban J connectivity index is 2.34. The van der Waals surface area contributed by atoms with Crippen molar-refractivity contribution >= 4 is 35.1 Å². The first kappa shape index (κ1) is 14.6. The van der Waals surface area contributed by atoms with Crippen molar-refractivity contribution in [1.82, 2.24) is 15.0 Å². The molecule has 0 unspecified atom stereocenters. The van der Waals surface area contributed by atoms with E-state index >= 15 is 0 Å². The van der Waals surface area contributed by atoms with Gasteiger partial charge in [0.1, 0.15) is 5.75 Å². The zero-order valence-electron chi connectivity index (χ0n) is 10.8. The summed E-state index contributed by atoms with van der Waals surface area (Å²) in [5.41, 5.74) is 2.35. The van der Waals surface area contributed by atoms with Crippen molar-refractivity contribution in [3.05, 3.63) is 28.2 Å². The highest BCUT2D eigenvalue weighted by molar-refractivity contribution is 6.35. The van der Waals surface area contributed by atoms with Crippen LogP contribution in [0.4, 0.5) is 11.9 Å². The Kier molecular flexibility index (Phi) is 4.43. The van der Waals surface area contributed by atoms with Gasteiger partial charge >= 0.3 is 6.01 Å². The molecule has 106 valence electrons. The van der Waals surface area contributed by atoms with Crippen molar-refractivity contribution in [2.45, 2.75) is 0 Å². The number of hydrazine groups is 1. The molecule has 3 N–H and O–H groups in total. The molecule has 7 nitrogen and oxygen atoms in total. The maximum atomic E-state index is 6.02. The number of halogens is 2. The van der Waals surface area contributed by atoms with Crippen LogP contribution in [0, 0.1) is 0 Å². The summed E-state index contributed by atoms with van der Waals surface area (Å²) in [6.07, 6.45) is 0. The highest BCUT2D eigenvalue weighted by Crippen LogP contribution is 2.30. The lowest BCUT2D eigenvalue weighted by Gasteiger charge is -2.13. The normalized spacial score (nSPS) is 10.2. The number of aromatic nitrogens is 3. The Morgan fingerprint density at radius 3 is 2.55 bits per heavy atom. The van der Waals surface area contributed by atoms with Gasteiger partial charge in [0.15, 0.2) is 0 Å². The fourth-order valence-electron chi connectivity index (χ4n) is 1.31. The Bertz CT molecular complexity index is 622. The largest absolute Gasteiger partial charge is 0.423 e. The van der Waals surface area contributed by atoms with Crippen LogP contribution >= 0.6 is 23.2 Å². The maximum absolute atomic E-state index is 6.02.